The third kappa shape index (κ3) is 2.97. The molecule has 0 aliphatic heterocycles. The molecule has 0 unspecified atom stereocenters. The van der Waals surface area contributed by atoms with E-state index in [2.05, 4.69) is 17.1 Å². The first-order valence-electron chi connectivity index (χ1n) is 7.24. The first kappa shape index (κ1) is 14.9. The quantitative estimate of drug-likeness (QED) is 0.737. The summed E-state index contributed by atoms with van der Waals surface area (Å²) in [7, 11) is 2.90. The molecule has 0 saturated heterocycles. The molecule has 3 rings (SSSR count). The molecular weight excluding hydrogens is 290 g/mol. The van der Waals surface area contributed by atoms with E-state index in [1.54, 1.807) is 6.07 Å². The van der Waals surface area contributed by atoms with E-state index in [4.69, 9.17) is 9.47 Å². The highest BCUT2D eigenvalue weighted by Gasteiger charge is 2.16. The molecule has 1 aromatic heterocycles. The standard InChI is InChI=1S/C19H17NO3/c1-22-17-9-5-7-13(18(17)19(21)23-2)10-11-15-12-14-6-3-4-8-16(14)20-15/h3-12,20H,1-2H3. The molecule has 1 N–H and O–H groups in total. The van der Waals surface area contributed by atoms with Crippen molar-refractivity contribution in [3.63, 3.8) is 0 Å². The fraction of sp³-hybridized carbons (Fsp3) is 0.105. The maximum Gasteiger partial charge on any atom is 0.342 e. The number of hydrogen-bond acceptors (Lipinski definition) is 3. The molecular formula is C19H17NO3. The number of hydrogen-bond donors (Lipinski definition) is 1. The van der Waals surface area contributed by atoms with Gasteiger partial charge in [-0.25, -0.2) is 4.79 Å². The van der Waals surface area contributed by atoms with Gasteiger partial charge in [-0.05, 0) is 35.2 Å². The largest absolute Gasteiger partial charge is 0.496 e. The van der Waals surface area contributed by atoms with E-state index < -0.39 is 5.97 Å². The van der Waals surface area contributed by atoms with Crippen LogP contribution in [0, 0.1) is 0 Å². The molecule has 23 heavy (non-hydrogen) atoms. The van der Waals surface area contributed by atoms with E-state index in [0.29, 0.717) is 11.3 Å². The summed E-state index contributed by atoms with van der Waals surface area (Å²) in [6, 6.07) is 15.6. The highest BCUT2D eigenvalue weighted by molar-refractivity contribution is 5.97. The monoisotopic (exact) mass is 307 g/mol. The van der Waals surface area contributed by atoms with Gasteiger partial charge >= 0.3 is 5.97 Å². The number of aromatic amines is 1. The van der Waals surface area contributed by atoms with Crippen molar-refractivity contribution < 1.29 is 14.3 Å². The maximum absolute atomic E-state index is 12.0. The Hall–Kier alpha value is -3.01. The second kappa shape index (κ2) is 6.40. The predicted octanol–water partition coefficient (Wildman–Crippen LogP) is 4.13. The Balaban J connectivity index is 2.00. The average molecular weight is 307 g/mol. The second-order valence-corrected chi connectivity index (χ2v) is 5.06. The summed E-state index contributed by atoms with van der Waals surface area (Å²) in [4.78, 5) is 15.3. The lowest BCUT2D eigenvalue weighted by Gasteiger charge is -2.09. The van der Waals surface area contributed by atoms with Crippen LogP contribution in [-0.4, -0.2) is 25.2 Å². The molecule has 0 aliphatic carbocycles. The van der Waals surface area contributed by atoms with E-state index >= 15 is 0 Å². The van der Waals surface area contributed by atoms with Gasteiger partial charge in [0.05, 0.1) is 14.2 Å². The van der Waals surface area contributed by atoms with Crippen LogP contribution in [-0.2, 0) is 4.74 Å². The van der Waals surface area contributed by atoms with Gasteiger partial charge in [-0.3, -0.25) is 0 Å². The number of rotatable bonds is 4. The molecule has 0 saturated carbocycles. The number of ether oxygens (including phenoxy) is 2. The highest BCUT2D eigenvalue weighted by atomic mass is 16.5. The zero-order valence-electron chi connectivity index (χ0n) is 13.0. The number of H-pyrrole nitrogens is 1. The van der Waals surface area contributed by atoms with Crippen LogP contribution in [0.3, 0.4) is 0 Å². The third-order valence-electron chi connectivity index (χ3n) is 3.66. The molecule has 0 amide bonds. The van der Waals surface area contributed by atoms with Crippen LogP contribution >= 0.6 is 0 Å². The number of methoxy groups -OCH3 is 2. The third-order valence-corrected chi connectivity index (χ3v) is 3.66. The Morgan fingerprint density at radius 1 is 1.04 bits per heavy atom. The van der Waals surface area contributed by atoms with Gasteiger partial charge < -0.3 is 14.5 Å². The van der Waals surface area contributed by atoms with Crippen LogP contribution in [0.2, 0.25) is 0 Å². The molecule has 0 bridgehead atoms. The molecule has 4 heteroatoms. The molecule has 0 aliphatic rings. The summed E-state index contributed by atoms with van der Waals surface area (Å²) in [6.45, 7) is 0. The first-order valence-corrected chi connectivity index (χ1v) is 7.24. The van der Waals surface area contributed by atoms with Crippen LogP contribution in [0.5, 0.6) is 5.75 Å². The minimum atomic E-state index is -0.418. The van der Waals surface area contributed by atoms with Crippen LogP contribution in [0.25, 0.3) is 23.1 Å². The lowest BCUT2D eigenvalue weighted by molar-refractivity contribution is 0.0597. The summed E-state index contributed by atoms with van der Waals surface area (Å²) in [5.41, 5.74) is 3.20. The second-order valence-electron chi connectivity index (χ2n) is 5.06. The van der Waals surface area contributed by atoms with E-state index in [9.17, 15) is 4.79 Å². The number of aromatic nitrogens is 1. The van der Waals surface area contributed by atoms with Gasteiger partial charge in [-0.15, -0.1) is 0 Å². The van der Waals surface area contributed by atoms with Gasteiger partial charge in [-0.2, -0.15) is 0 Å². The van der Waals surface area contributed by atoms with Gasteiger partial charge in [0.2, 0.25) is 0 Å². The lowest BCUT2D eigenvalue weighted by Crippen LogP contribution is -2.06. The van der Waals surface area contributed by atoms with E-state index in [1.807, 2.05) is 42.5 Å². The van der Waals surface area contributed by atoms with E-state index in [0.717, 1.165) is 22.2 Å². The van der Waals surface area contributed by atoms with Crippen molar-refractivity contribution >= 4 is 29.0 Å². The Morgan fingerprint density at radius 3 is 2.61 bits per heavy atom. The van der Waals surface area contributed by atoms with Crippen molar-refractivity contribution in [3.05, 3.63) is 65.4 Å². The smallest absolute Gasteiger partial charge is 0.342 e. The van der Waals surface area contributed by atoms with Crippen molar-refractivity contribution in [3.8, 4) is 5.75 Å². The van der Waals surface area contributed by atoms with Crippen LogP contribution in [0.15, 0.2) is 48.5 Å². The molecule has 2 aromatic carbocycles. The lowest BCUT2D eigenvalue weighted by atomic mass is 10.1. The molecule has 0 spiro atoms. The van der Waals surface area contributed by atoms with Crippen LogP contribution in [0.4, 0.5) is 0 Å². The van der Waals surface area contributed by atoms with Crippen LogP contribution < -0.4 is 4.74 Å². The highest BCUT2D eigenvalue weighted by Crippen LogP contribution is 2.25. The molecule has 116 valence electrons. The van der Waals surface area contributed by atoms with Crippen molar-refractivity contribution in [2.75, 3.05) is 14.2 Å². The fourth-order valence-corrected chi connectivity index (χ4v) is 2.54. The predicted molar refractivity (Wildman–Crippen MR) is 91.6 cm³/mol. The number of carbonyl (C=O) groups excluding carboxylic acids is 1. The minimum Gasteiger partial charge on any atom is -0.496 e. The molecule has 1 heterocycles. The summed E-state index contributed by atoms with van der Waals surface area (Å²) in [6.07, 6.45) is 3.81. The molecule has 4 nitrogen and oxygen atoms in total. The summed E-state index contributed by atoms with van der Waals surface area (Å²) >= 11 is 0. The van der Waals surface area contributed by atoms with Crippen molar-refractivity contribution in [1.29, 1.82) is 0 Å². The molecule has 0 radical (unpaired) electrons. The van der Waals surface area contributed by atoms with Gasteiger partial charge in [0.1, 0.15) is 11.3 Å². The number of benzene rings is 2. The SMILES string of the molecule is COC(=O)c1c(C=Cc2cc3ccccc3[nH]2)cccc1OC. The molecule has 0 atom stereocenters. The normalized spacial score (nSPS) is 11.0. The average Bonchev–Trinajstić information content (AvgIpc) is 3.01. The Bertz CT molecular complexity index is 844. The first-order chi connectivity index (χ1) is 11.2. The number of para-hydroxylation sites is 1. The number of fused-ring (bicyclic) bond motifs is 1. The van der Waals surface area contributed by atoms with E-state index in [1.165, 1.54) is 14.2 Å². The topological polar surface area (TPSA) is 51.3 Å². The zero-order valence-corrected chi connectivity index (χ0v) is 13.0. The fourth-order valence-electron chi connectivity index (χ4n) is 2.54. The Morgan fingerprint density at radius 2 is 1.87 bits per heavy atom. The Labute approximate surface area is 134 Å². The number of carbonyl (C=O) groups is 1. The molecule has 3 aromatic rings. The van der Waals surface area contributed by atoms with Crippen molar-refractivity contribution in [2.45, 2.75) is 0 Å². The summed E-state index contributed by atoms with van der Waals surface area (Å²) in [5, 5.41) is 1.14. The zero-order chi connectivity index (χ0) is 16.2. The molecule has 0 fully saturated rings. The van der Waals surface area contributed by atoms with Crippen molar-refractivity contribution in [2.24, 2.45) is 0 Å². The van der Waals surface area contributed by atoms with Gasteiger partial charge in [-0.1, -0.05) is 36.4 Å². The summed E-state index contributed by atoms with van der Waals surface area (Å²) in [5.74, 6) is 0.0781. The van der Waals surface area contributed by atoms with Gasteiger partial charge in [0, 0.05) is 11.2 Å². The number of esters is 1. The van der Waals surface area contributed by atoms with Crippen LogP contribution in [0.1, 0.15) is 21.6 Å². The van der Waals surface area contributed by atoms with E-state index in [-0.39, 0.29) is 0 Å². The Kier molecular flexibility index (Phi) is 4.15. The van der Waals surface area contributed by atoms with Gasteiger partial charge in [0.15, 0.2) is 0 Å². The van der Waals surface area contributed by atoms with Gasteiger partial charge in [0.25, 0.3) is 0 Å². The number of nitrogens with one attached hydrogen (secondary N) is 1. The maximum atomic E-state index is 12.0. The summed E-state index contributed by atoms with van der Waals surface area (Å²) < 4.78 is 10.1. The van der Waals surface area contributed by atoms with Crippen molar-refractivity contribution in [1.82, 2.24) is 4.98 Å². The minimum absolute atomic E-state index is 0.418.